The van der Waals surface area contributed by atoms with Crippen LogP contribution in [0.5, 0.6) is 5.75 Å². The van der Waals surface area contributed by atoms with Crippen molar-refractivity contribution < 1.29 is 19.0 Å². The van der Waals surface area contributed by atoms with Crippen LogP contribution in [0.3, 0.4) is 0 Å². The summed E-state index contributed by atoms with van der Waals surface area (Å²) in [5.41, 5.74) is 1.65. The zero-order chi connectivity index (χ0) is 16.1. The minimum Gasteiger partial charge on any atom is -0.490 e. The second-order valence-electron chi connectivity index (χ2n) is 5.35. The minimum absolute atomic E-state index is 0.206. The van der Waals surface area contributed by atoms with Crippen LogP contribution in [0.15, 0.2) is 42.5 Å². The summed E-state index contributed by atoms with van der Waals surface area (Å²) in [6, 6.07) is 11.1. The number of rotatable bonds is 6. The normalized spacial score (nSPS) is 12.0. The lowest BCUT2D eigenvalue weighted by molar-refractivity contribution is 0.0697. The summed E-state index contributed by atoms with van der Waals surface area (Å²) >= 11 is 0. The zero-order valence-electron chi connectivity index (χ0n) is 12.7. The van der Waals surface area contributed by atoms with Crippen molar-refractivity contribution in [1.29, 1.82) is 0 Å². The number of ether oxygens (including phenoxy) is 1. The summed E-state index contributed by atoms with van der Waals surface area (Å²) in [6.45, 7) is 4.60. The number of aromatic carboxylic acids is 1. The van der Waals surface area contributed by atoms with Crippen LogP contribution in [-0.4, -0.2) is 17.7 Å². The second-order valence-corrected chi connectivity index (χ2v) is 5.35. The van der Waals surface area contributed by atoms with Gasteiger partial charge in [0, 0.05) is 0 Å². The van der Waals surface area contributed by atoms with Gasteiger partial charge in [0.25, 0.3) is 0 Å². The van der Waals surface area contributed by atoms with Crippen molar-refractivity contribution in [2.75, 3.05) is 6.61 Å². The molecule has 116 valence electrons. The number of carbonyl (C=O) groups is 1. The fourth-order valence-corrected chi connectivity index (χ4v) is 1.95. The molecule has 1 N–H and O–H groups in total. The number of benzene rings is 2. The van der Waals surface area contributed by atoms with Crippen molar-refractivity contribution in [2.45, 2.75) is 20.3 Å². The molecule has 1 atom stereocenters. The van der Waals surface area contributed by atoms with E-state index in [4.69, 9.17) is 9.84 Å². The molecule has 0 aliphatic rings. The van der Waals surface area contributed by atoms with Gasteiger partial charge in [-0.1, -0.05) is 38.5 Å². The third kappa shape index (κ3) is 3.85. The molecule has 2 aromatic rings. The van der Waals surface area contributed by atoms with Crippen LogP contribution in [0, 0.1) is 11.7 Å². The van der Waals surface area contributed by atoms with Crippen molar-refractivity contribution in [3.8, 4) is 16.9 Å². The Morgan fingerprint density at radius 1 is 1.18 bits per heavy atom. The number of hydrogen-bond acceptors (Lipinski definition) is 2. The van der Waals surface area contributed by atoms with Gasteiger partial charge < -0.3 is 9.84 Å². The van der Waals surface area contributed by atoms with Gasteiger partial charge in [0.1, 0.15) is 0 Å². The Morgan fingerprint density at radius 3 is 2.36 bits per heavy atom. The Bertz CT molecular complexity index is 650. The molecule has 0 saturated heterocycles. The van der Waals surface area contributed by atoms with Crippen LogP contribution in [0.25, 0.3) is 11.1 Å². The third-order valence-corrected chi connectivity index (χ3v) is 3.62. The van der Waals surface area contributed by atoms with Gasteiger partial charge in [0.2, 0.25) is 0 Å². The first kappa shape index (κ1) is 16.0. The van der Waals surface area contributed by atoms with Crippen LogP contribution < -0.4 is 4.74 Å². The van der Waals surface area contributed by atoms with Gasteiger partial charge >= 0.3 is 5.97 Å². The molecule has 2 rings (SSSR count). The first-order valence-electron chi connectivity index (χ1n) is 7.27. The van der Waals surface area contributed by atoms with Gasteiger partial charge in [-0.25, -0.2) is 9.18 Å². The van der Waals surface area contributed by atoms with E-state index in [1.54, 1.807) is 24.3 Å². The molecule has 0 aliphatic heterocycles. The summed E-state index contributed by atoms with van der Waals surface area (Å²) in [5, 5.41) is 8.87. The van der Waals surface area contributed by atoms with Gasteiger partial charge in [-0.05, 0) is 41.3 Å². The quantitative estimate of drug-likeness (QED) is 0.847. The van der Waals surface area contributed by atoms with Gasteiger partial charge in [-0.15, -0.1) is 0 Å². The van der Waals surface area contributed by atoms with Crippen LogP contribution in [0.1, 0.15) is 30.6 Å². The Hall–Kier alpha value is -2.36. The second kappa shape index (κ2) is 7.07. The molecule has 0 unspecified atom stereocenters. The highest BCUT2D eigenvalue weighted by Gasteiger charge is 2.09. The van der Waals surface area contributed by atoms with E-state index in [-0.39, 0.29) is 11.3 Å². The molecule has 0 saturated carbocycles. The van der Waals surface area contributed by atoms with Crippen molar-refractivity contribution in [1.82, 2.24) is 0 Å². The molecule has 0 fully saturated rings. The molecule has 0 bridgehead atoms. The molecule has 22 heavy (non-hydrogen) atoms. The molecule has 0 aromatic heterocycles. The molecular formula is C18H19FO3. The third-order valence-electron chi connectivity index (χ3n) is 3.62. The number of hydrogen-bond donors (Lipinski definition) is 1. The highest BCUT2D eigenvalue weighted by Crippen LogP contribution is 2.26. The van der Waals surface area contributed by atoms with E-state index < -0.39 is 11.8 Å². The predicted octanol–water partition coefficient (Wildman–Crippen LogP) is 4.62. The maximum Gasteiger partial charge on any atom is 0.335 e. The average Bonchev–Trinajstić information content (AvgIpc) is 2.53. The number of carboxylic acid groups (broad SMARTS) is 1. The number of carboxylic acids is 1. The largest absolute Gasteiger partial charge is 0.490 e. The van der Waals surface area contributed by atoms with Crippen LogP contribution in [0.4, 0.5) is 4.39 Å². The van der Waals surface area contributed by atoms with Gasteiger partial charge in [0.15, 0.2) is 11.6 Å². The fourth-order valence-electron chi connectivity index (χ4n) is 1.95. The zero-order valence-corrected chi connectivity index (χ0v) is 12.7. The molecule has 0 spiro atoms. The number of halogens is 1. The highest BCUT2D eigenvalue weighted by molar-refractivity contribution is 5.88. The summed E-state index contributed by atoms with van der Waals surface area (Å²) < 4.78 is 19.6. The molecule has 0 heterocycles. The summed E-state index contributed by atoms with van der Waals surface area (Å²) in [5.74, 6) is -0.775. The molecule has 2 aromatic carbocycles. The van der Waals surface area contributed by atoms with Crippen molar-refractivity contribution in [3.05, 3.63) is 53.8 Å². The van der Waals surface area contributed by atoms with E-state index in [9.17, 15) is 9.18 Å². The van der Waals surface area contributed by atoms with Crippen LogP contribution >= 0.6 is 0 Å². The lowest BCUT2D eigenvalue weighted by Crippen LogP contribution is -2.08. The minimum atomic E-state index is -0.980. The molecular weight excluding hydrogens is 283 g/mol. The van der Waals surface area contributed by atoms with E-state index in [1.807, 2.05) is 0 Å². The fraction of sp³-hybridized carbons (Fsp3) is 0.278. The van der Waals surface area contributed by atoms with Crippen molar-refractivity contribution in [3.63, 3.8) is 0 Å². The SMILES string of the molecule is CC[C@H](C)COc1ccc(-c2ccc(C(=O)O)cc2)cc1F. The standard InChI is InChI=1S/C18H19FO3/c1-3-12(2)11-22-17-9-8-15(10-16(17)19)13-4-6-14(7-5-13)18(20)21/h4-10,12H,3,11H2,1-2H3,(H,20,21)/t12-/m0/s1. The smallest absolute Gasteiger partial charge is 0.335 e. The Labute approximate surface area is 129 Å². The average molecular weight is 302 g/mol. The molecule has 0 radical (unpaired) electrons. The van der Waals surface area contributed by atoms with Crippen molar-refractivity contribution in [2.24, 2.45) is 5.92 Å². The summed E-state index contributed by atoms with van der Waals surface area (Å²) in [7, 11) is 0. The maximum absolute atomic E-state index is 14.1. The predicted molar refractivity (Wildman–Crippen MR) is 83.7 cm³/mol. The summed E-state index contributed by atoms with van der Waals surface area (Å²) in [6.07, 6.45) is 0.982. The Balaban J connectivity index is 2.16. The molecule has 0 aliphatic carbocycles. The Kier molecular flexibility index (Phi) is 5.15. The molecule has 4 heteroatoms. The first-order valence-corrected chi connectivity index (χ1v) is 7.27. The van der Waals surface area contributed by atoms with E-state index in [1.165, 1.54) is 18.2 Å². The first-order chi connectivity index (χ1) is 10.5. The highest BCUT2D eigenvalue weighted by atomic mass is 19.1. The monoisotopic (exact) mass is 302 g/mol. The summed E-state index contributed by atoms with van der Waals surface area (Å²) in [4.78, 5) is 10.8. The lowest BCUT2D eigenvalue weighted by atomic mass is 10.0. The maximum atomic E-state index is 14.1. The van der Waals surface area contributed by atoms with Crippen LogP contribution in [-0.2, 0) is 0 Å². The van der Waals surface area contributed by atoms with Gasteiger partial charge in [-0.3, -0.25) is 0 Å². The van der Waals surface area contributed by atoms with E-state index in [0.717, 1.165) is 12.0 Å². The Morgan fingerprint density at radius 2 is 1.82 bits per heavy atom. The van der Waals surface area contributed by atoms with E-state index in [2.05, 4.69) is 13.8 Å². The lowest BCUT2D eigenvalue weighted by Gasteiger charge is -2.12. The van der Waals surface area contributed by atoms with Crippen molar-refractivity contribution >= 4 is 5.97 Å². The van der Waals surface area contributed by atoms with E-state index in [0.29, 0.717) is 18.1 Å². The topological polar surface area (TPSA) is 46.5 Å². The molecule has 0 amide bonds. The van der Waals surface area contributed by atoms with Crippen LogP contribution in [0.2, 0.25) is 0 Å². The van der Waals surface area contributed by atoms with E-state index >= 15 is 0 Å². The van der Waals surface area contributed by atoms with Gasteiger partial charge in [-0.2, -0.15) is 0 Å². The molecule has 3 nitrogen and oxygen atoms in total. The van der Waals surface area contributed by atoms with Gasteiger partial charge in [0.05, 0.1) is 12.2 Å².